The summed E-state index contributed by atoms with van der Waals surface area (Å²) in [5, 5.41) is 0. The van der Waals surface area contributed by atoms with Gasteiger partial charge in [-0.3, -0.25) is 0 Å². The molecule has 1 fully saturated rings. The number of aryl methyl sites for hydroxylation is 1. The van der Waals surface area contributed by atoms with E-state index in [2.05, 4.69) is 4.72 Å². The summed E-state index contributed by atoms with van der Waals surface area (Å²) in [6.07, 6.45) is 3.91. The topological polar surface area (TPSA) is 77.1 Å². The third kappa shape index (κ3) is 2.88. The van der Waals surface area contributed by atoms with Crippen molar-refractivity contribution < 1.29 is 8.42 Å². The van der Waals surface area contributed by atoms with Crippen LogP contribution in [-0.2, 0) is 23.1 Å². The monoisotopic (exact) mass is 257 g/mol. The molecule has 0 spiro atoms. The minimum Gasteiger partial charge on any atom is -0.349 e. The van der Waals surface area contributed by atoms with Crippen molar-refractivity contribution in [2.75, 3.05) is 6.54 Å². The van der Waals surface area contributed by atoms with Gasteiger partial charge in [-0.15, -0.1) is 0 Å². The van der Waals surface area contributed by atoms with Crippen LogP contribution in [0.4, 0.5) is 0 Å². The summed E-state index contributed by atoms with van der Waals surface area (Å²) in [5.41, 5.74) is 6.43. The van der Waals surface area contributed by atoms with E-state index >= 15 is 0 Å². The van der Waals surface area contributed by atoms with Gasteiger partial charge in [0.1, 0.15) is 0 Å². The van der Waals surface area contributed by atoms with Gasteiger partial charge in [-0.05, 0) is 31.7 Å². The highest BCUT2D eigenvalue weighted by atomic mass is 32.2. The van der Waals surface area contributed by atoms with Crippen molar-refractivity contribution in [3.63, 3.8) is 0 Å². The largest absolute Gasteiger partial charge is 0.349 e. The molecule has 0 atom stereocenters. The molecule has 1 aliphatic carbocycles. The number of rotatable bonds is 6. The molecule has 1 saturated carbocycles. The fourth-order valence-corrected chi connectivity index (χ4v) is 2.95. The Bertz CT molecular complexity index is 467. The molecule has 2 rings (SSSR count). The molecule has 1 aromatic heterocycles. The van der Waals surface area contributed by atoms with Gasteiger partial charge in [-0.2, -0.15) is 0 Å². The second-order valence-electron chi connectivity index (χ2n) is 4.45. The van der Waals surface area contributed by atoms with E-state index < -0.39 is 10.0 Å². The normalized spacial score (nSPS) is 16.4. The molecule has 1 aromatic rings. The summed E-state index contributed by atoms with van der Waals surface area (Å²) in [4.78, 5) is 0.320. The van der Waals surface area contributed by atoms with Gasteiger partial charge in [0.25, 0.3) is 0 Å². The summed E-state index contributed by atoms with van der Waals surface area (Å²) in [7, 11) is -3.36. The predicted molar refractivity (Wildman–Crippen MR) is 65.9 cm³/mol. The van der Waals surface area contributed by atoms with Gasteiger partial charge >= 0.3 is 0 Å². The zero-order valence-corrected chi connectivity index (χ0v) is 10.8. The van der Waals surface area contributed by atoms with Gasteiger partial charge in [-0.25, -0.2) is 13.1 Å². The summed E-state index contributed by atoms with van der Waals surface area (Å²) >= 11 is 0. The van der Waals surface area contributed by atoms with E-state index in [0.717, 1.165) is 25.1 Å². The van der Waals surface area contributed by atoms with Crippen LogP contribution < -0.4 is 10.5 Å². The van der Waals surface area contributed by atoms with Crippen LogP contribution in [0.25, 0.3) is 0 Å². The summed E-state index contributed by atoms with van der Waals surface area (Å²) in [6, 6.07) is 1.65. The highest BCUT2D eigenvalue weighted by Crippen LogP contribution is 2.28. The highest BCUT2D eigenvalue weighted by molar-refractivity contribution is 7.89. The summed E-state index contributed by atoms with van der Waals surface area (Å²) < 4.78 is 28.5. The predicted octanol–water partition coefficient (Wildman–Crippen LogP) is 0.655. The molecular weight excluding hydrogens is 238 g/mol. The fraction of sp³-hybridized carbons (Fsp3) is 0.636. The van der Waals surface area contributed by atoms with Crippen LogP contribution in [0.1, 0.15) is 25.5 Å². The Morgan fingerprint density at radius 1 is 1.53 bits per heavy atom. The maximum Gasteiger partial charge on any atom is 0.242 e. The molecule has 1 aliphatic rings. The van der Waals surface area contributed by atoms with E-state index in [1.54, 1.807) is 12.3 Å². The molecule has 17 heavy (non-hydrogen) atoms. The molecule has 0 bridgehead atoms. The maximum atomic E-state index is 12.0. The Labute approximate surface area is 102 Å². The quantitative estimate of drug-likeness (QED) is 0.785. The number of hydrogen-bond acceptors (Lipinski definition) is 3. The second-order valence-corrected chi connectivity index (χ2v) is 6.22. The van der Waals surface area contributed by atoms with Crippen LogP contribution in [0.3, 0.4) is 0 Å². The number of nitrogens with zero attached hydrogens (tertiary/aromatic N) is 1. The van der Waals surface area contributed by atoms with E-state index in [0.29, 0.717) is 23.9 Å². The van der Waals surface area contributed by atoms with Crippen molar-refractivity contribution in [3.8, 4) is 0 Å². The summed E-state index contributed by atoms with van der Waals surface area (Å²) in [6.45, 7) is 3.60. The Hall–Kier alpha value is -0.850. The molecule has 3 N–H and O–H groups in total. The van der Waals surface area contributed by atoms with Crippen LogP contribution in [0.15, 0.2) is 17.2 Å². The van der Waals surface area contributed by atoms with Gasteiger partial charge in [0.05, 0.1) is 4.90 Å². The zero-order valence-electron chi connectivity index (χ0n) is 10.0. The lowest BCUT2D eigenvalue weighted by molar-refractivity contribution is 0.577. The van der Waals surface area contributed by atoms with Crippen molar-refractivity contribution >= 4 is 10.0 Å². The van der Waals surface area contributed by atoms with Gasteiger partial charge in [0.15, 0.2) is 0 Å². The Kier molecular flexibility index (Phi) is 3.56. The maximum absolute atomic E-state index is 12.0. The SMILES string of the molecule is CCn1cc(S(=O)(=O)NCC2CC2)cc1CN. The number of nitrogens with one attached hydrogen (secondary N) is 1. The van der Waals surface area contributed by atoms with E-state index in [1.165, 1.54) is 0 Å². The van der Waals surface area contributed by atoms with Gasteiger partial charge < -0.3 is 10.3 Å². The first kappa shape index (κ1) is 12.6. The van der Waals surface area contributed by atoms with Gasteiger partial charge in [0, 0.05) is 31.5 Å². The third-order valence-electron chi connectivity index (χ3n) is 3.08. The molecule has 5 nitrogen and oxygen atoms in total. The fourth-order valence-electron chi connectivity index (χ4n) is 1.77. The Morgan fingerprint density at radius 3 is 2.71 bits per heavy atom. The minimum atomic E-state index is -3.36. The van der Waals surface area contributed by atoms with Crippen LogP contribution in [0, 0.1) is 5.92 Å². The van der Waals surface area contributed by atoms with E-state index in [1.807, 2.05) is 11.5 Å². The van der Waals surface area contributed by atoms with Crippen LogP contribution in [0.5, 0.6) is 0 Å². The lowest BCUT2D eigenvalue weighted by Gasteiger charge is -2.03. The van der Waals surface area contributed by atoms with E-state index in [-0.39, 0.29) is 0 Å². The smallest absolute Gasteiger partial charge is 0.242 e. The van der Waals surface area contributed by atoms with E-state index in [4.69, 9.17) is 5.73 Å². The van der Waals surface area contributed by atoms with Gasteiger partial charge in [0.2, 0.25) is 10.0 Å². The highest BCUT2D eigenvalue weighted by Gasteiger charge is 2.25. The average Bonchev–Trinajstić information content (AvgIpc) is 3.03. The second kappa shape index (κ2) is 4.80. The molecule has 0 aliphatic heterocycles. The molecule has 1 heterocycles. The molecule has 0 radical (unpaired) electrons. The van der Waals surface area contributed by atoms with E-state index in [9.17, 15) is 8.42 Å². The molecular formula is C11H19N3O2S. The Balaban J connectivity index is 2.16. The average molecular weight is 257 g/mol. The number of aromatic nitrogens is 1. The third-order valence-corrected chi connectivity index (χ3v) is 4.47. The van der Waals surface area contributed by atoms with Crippen molar-refractivity contribution in [1.29, 1.82) is 0 Å². The van der Waals surface area contributed by atoms with Gasteiger partial charge in [-0.1, -0.05) is 0 Å². The van der Waals surface area contributed by atoms with Crippen molar-refractivity contribution in [2.45, 2.75) is 37.8 Å². The van der Waals surface area contributed by atoms with Crippen molar-refractivity contribution in [3.05, 3.63) is 18.0 Å². The summed E-state index contributed by atoms with van der Waals surface area (Å²) in [5.74, 6) is 0.534. The van der Waals surface area contributed by atoms with Crippen molar-refractivity contribution in [2.24, 2.45) is 11.7 Å². The lowest BCUT2D eigenvalue weighted by Crippen LogP contribution is -2.25. The molecule has 0 saturated heterocycles. The number of hydrogen-bond donors (Lipinski definition) is 2. The van der Waals surface area contributed by atoms with Crippen LogP contribution in [-0.4, -0.2) is 19.5 Å². The molecule has 6 heteroatoms. The standard InChI is InChI=1S/C11H19N3O2S/c1-2-14-8-11(5-10(14)6-12)17(15,16)13-7-9-3-4-9/h5,8-9,13H,2-4,6-7,12H2,1H3. The lowest BCUT2D eigenvalue weighted by atomic mass is 10.4. The Morgan fingerprint density at radius 2 is 2.24 bits per heavy atom. The first-order valence-electron chi connectivity index (χ1n) is 5.95. The number of sulfonamides is 1. The van der Waals surface area contributed by atoms with Crippen LogP contribution >= 0.6 is 0 Å². The first-order chi connectivity index (χ1) is 8.06. The van der Waals surface area contributed by atoms with Crippen LogP contribution in [0.2, 0.25) is 0 Å². The molecule has 0 aromatic carbocycles. The van der Waals surface area contributed by atoms with Crippen molar-refractivity contribution in [1.82, 2.24) is 9.29 Å². The molecule has 0 amide bonds. The molecule has 96 valence electrons. The minimum absolute atomic E-state index is 0.320. The first-order valence-corrected chi connectivity index (χ1v) is 7.44. The number of nitrogens with two attached hydrogens (primary N) is 1. The molecule has 0 unspecified atom stereocenters. The zero-order chi connectivity index (χ0) is 12.5.